The molecule has 1 aromatic heterocycles. The van der Waals surface area contributed by atoms with E-state index in [-0.39, 0.29) is 12.7 Å². The first-order valence-electron chi connectivity index (χ1n) is 8.70. The molecule has 1 aliphatic heterocycles. The number of fused-ring (bicyclic) bond motifs is 1. The Morgan fingerprint density at radius 3 is 2.84 bits per heavy atom. The Labute approximate surface area is 151 Å². The number of hydrogen-bond acceptors (Lipinski definition) is 4. The monoisotopic (exact) mass is 355 g/mol. The van der Waals surface area contributed by atoms with Crippen LogP contribution in [0, 0.1) is 0 Å². The summed E-state index contributed by atoms with van der Waals surface area (Å²) in [5.74, 6) is 1.63. The summed E-state index contributed by atoms with van der Waals surface area (Å²) in [6.07, 6.45) is 8.19. The van der Waals surface area contributed by atoms with Crippen LogP contribution in [0.4, 0.5) is 0 Å². The van der Waals surface area contributed by atoms with Crippen LogP contribution >= 0.6 is 11.3 Å². The maximum Gasteiger partial charge on any atom is 0.247 e. The second-order valence-corrected chi connectivity index (χ2v) is 7.42. The van der Waals surface area contributed by atoms with E-state index in [1.165, 1.54) is 12.8 Å². The zero-order valence-corrected chi connectivity index (χ0v) is 14.8. The Kier molecular flexibility index (Phi) is 4.74. The third kappa shape index (κ3) is 3.71. The van der Waals surface area contributed by atoms with Gasteiger partial charge < -0.3 is 14.4 Å². The molecule has 0 atom stereocenters. The van der Waals surface area contributed by atoms with E-state index >= 15 is 0 Å². The topological polar surface area (TPSA) is 38.8 Å². The number of amides is 1. The van der Waals surface area contributed by atoms with Gasteiger partial charge in [-0.3, -0.25) is 4.79 Å². The lowest BCUT2D eigenvalue weighted by Gasteiger charge is -2.28. The fourth-order valence-corrected chi connectivity index (χ4v) is 4.09. The van der Waals surface area contributed by atoms with Crippen molar-refractivity contribution in [1.29, 1.82) is 0 Å². The van der Waals surface area contributed by atoms with Gasteiger partial charge in [0, 0.05) is 23.5 Å². The van der Waals surface area contributed by atoms with Gasteiger partial charge >= 0.3 is 0 Å². The van der Waals surface area contributed by atoms with Gasteiger partial charge in [-0.1, -0.05) is 25.0 Å². The van der Waals surface area contributed by atoms with Gasteiger partial charge in [0.2, 0.25) is 12.7 Å². The van der Waals surface area contributed by atoms with E-state index < -0.39 is 0 Å². The molecule has 2 aliphatic rings. The highest BCUT2D eigenvalue weighted by atomic mass is 32.1. The molecule has 4 rings (SSSR count). The molecule has 25 heavy (non-hydrogen) atoms. The Balaban J connectivity index is 1.52. The zero-order valence-electron chi connectivity index (χ0n) is 14.0. The van der Waals surface area contributed by atoms with Crippen LogP contribution in [-0.2, 0) is 11.3 Å². The van der Waals surface area contributed by atoms with Crippen molar-refractivity contribution >= 4 is 23.3 Å². The van der Waals surface area contributed by atoms with Crippen LogP contribution < -0.4 is 9.47 Å². The molecule has 1 aromatic carbocycles. The van der Waals surface area contributed by atoms with Gasteiger partial charge in [0.15, 0.2) is 11.5 Å². The largest absolute Gasteiger partial charge is 0.454 e. The van der Waals surface area contributed by atoms with Crippen LogP contribution in [0.15, 0.2) is 41.8 Å². The van der Waals surface area contributed by atoms with Gasteiger partial charge in [0.05, 0.1) is 0 Å². The molecule has 2 heterocycles. The maximum absolute atomic E-state index is 12.9. The molecule has 0 N–H and O–H groups in total. The fourth-order valence-electron chi connectivity index (χ4n) is 3.47. The van der Waals surface area contributed by atoms with E-state index in [1.807, 2.05) is 46.7 Å². The molecular formula is C20H21NO3S. The summed E-state index contributed by atoms with van der Waals surface area (Å²) < 4.78 is 10.8. The molecule has 1 amide bonds. The molecule has 0 radical (unpaired) electrons. The molecule has 2 aromatic rings. The molecule has 4 nitrogen and oxygen atoms in total. The van der Waals surface area contributed by atoms with Gasteiger partial charge in [-0.15, -0.1) is 11.3 Å². The van der Waals surface area contributed by atoms with Crippen molar-refractivity contribution in [3.05, 3.63) is 52.2 Å². The Morgan fingerprint density at radius 1 is 1.20 bits per heavy atom. The van der Waals surface area contributed by atoms with Gasteiger partial charge in [-0.2, -0.15) is 0 Å². The van der Waals surface area contributed by atoms with E-state index in [4.69, 9.17) is 9.47 Å². The highest BCUT2D eigenvalue weighted by Gasteiger charge is 2.26. The first kappa shape index (κ1) is 16.2. The number of rotatable bonds is 5. The van der Waals surface area contributed by atoms with E-state index in [9.17, 15) is 4.79 Å². The number of hydrogen-bond donors (Lipinski definition) is 0. The number of carbonyl (C=O) groups is 1. The molecule has 0 saturated heterocycles. The third-order valence-corrected chi connectivity index (χ3v) is 5.61. The summed E-state index contributed by atoms with van der Waals surface area (Å²) in [5.41, 5.74) is 1.08. The third-order valence-electron chi connectivity index (χ3n) is 4.77. The second-order valence-electron chi connectivity index (χ2n) is 6.44. The van der Waals surface area contributed by atoms with Crippen LogP contribution in [0.25, 0.3) is 6.08 Å². The lowest BCUT2D eigenvalue weighted by Crippen LogP contribution is -2.37. The first-order valence-corrected chi connectivity index (χ1v) is 9.58. The standard InChI is InChI=1S/C20H21NO3S/c22-20(10-8-17-6-3-11-25-17)21(16-4-1-2-5-16)13-15-7-9-18-19(12-15)24-14-23-18/h3,6-12,16H,1-2,4-5,13-14H2. The number of nitrogens with zero attached hydrogens (tertiary/aromatic N) is 1. The minimum Gasteiger partial charge on any atom is -0.454 e. The number of carbonyl (C=O) groups excluding carboxylic acids is 1. The number of ether oxygens (including phenoxy) is 2. The molecule has 0 unspecified atom stereocenters. The van der Waals surface area contributed by atoms with E-state index in [1.54, 1.807) is 17.4 Å². The Hall–Kier alpha value is -2.27. The average molecular weight is 355 g/mol. The van der Waals surface area contributed by atoms with Crippen molar-refractivity contribution in [2.45, 2.75) is 38.3 Å². The first-order chi connectivity index (χ1) is 12.3. The quantitative estimate of drug-likeness (QED) is 0.743. The minimum absolute atomic E-state index is 0.0815. The van der Waals surface area contributed by atoms with Gasteiger partial charge in [-0.25, -0.2) is 0 Å². The lowest BCUT2D eigenvalue weighted by atomic mass is 10.1. The molecule has 0 bridgehead atoms. The highest BCUT2D eigenvalue weighted by molar-refractivity contribution is 7.10. The maximum atomic E-state index is 12.9. The van der Waals surface area contributed by atoms with E-state index in [0.29, 0.717) is 12.6 Å². The molecule has 1 aliphatic carbocycles. The predicted octanol–water partition coefficient (Wildman–Crippen LogP) is 4.46. The normalized spacial score (nSPS) is 16.6. The molecule has 1 fully saturated rings. The molecule has 1 saturated carbocycles. The van der Waals surface area contributed by atoms with Crippen molar-refractivity contribution in [2.75, 3.05) is 6.79 Å². The van der Waals surface area contributed by atoms with Gasteiger partial charge in [0.1, 0.15) is 0 Å². The van der Waals surface area contributed by atoms with Crippen molar-refractivity contribution in [3.8, 4) is 11.5 Å². The van der Waals surface area contributed by atoms with Crippen molar-refractivity contribution in [3.63, 3.8) is 0 Å². The van der Waals surface area contributed by atoms with Gasteiger partial charge in [0.25, 0.3) is 0 Å². The molecule has 5 heteroatoms. The van der Waals surface area contributed by atoms with Crippen LogP contribution in [0.3, 0.4) is 0 Å². The number of benzene rings is 1. The van der Waals surface area contributed by atoms with Crippen LogP contribution in [0.5, 0.6) is 11.5 Å². The van der Waals surface area contributed by atoms with Crippen LogP contribution in [0.1, 0.15) is 36.1 Å². The van der Waals surface area contributed by atoms with Crippen LogP contribution in [0.2, 0.25) is 0 Å². The molecule has 130 valence electrons. The summed E-state index contributed by atoms with van der Waals surface area (Å²) in [6, 6.07) is 10.3. The summed E-state index contributed by atoms with van der Waals surface area (Å²) in [4.78, 5) is 16.0. The molecular weight excluding hydrogens is 334 g/mol. The lowest BCUT2D eigenvalue weighted by molar-refractivity contribution is -0.128. The Morgan fingerprint density at radius 2 is 2.04 bits per heavy atom. The number of thiophene rings is 1. The average Bonchev–Trinajstić information content (AvgIpc) is 3.39. The van der Waals surface area contributed by atoms with Crippen molar-refractivity contribution in [1.82, 2.24) is 4.90 Å². The molecule has 0 spiro atoms. The van der Waals surface area contributed by atoms with E-state index in [2.05, 4.69) is 0 Å². The SMILES string of the molecule is O=C(C=Cc1cccs1)N(Cc1ccc2c(c1)OCO2)C1CCCC1. The minimum atomic E-state index is 0.0815. The summed E-state index contributed by atoms with van der Waals surface area (Å²) in [7, 11) is 0. The van der Waals surface area contributed by atoms with E-state index in [0.717, 1.165) is 34.8 Å². The highest BCUT2D eigenvalue weighted by Crippen LogP contribution is 2.33. The summed E-state index contributed by atoms with van der Waals surface area (Å²) >= 11 is 1.64. The smallest absolute Gasteiger partial charge is 0.247 e. The van der Waals surface area contributed by atoms with Gasteiger partial charge in [-0.05, 0) is 48.1 Å². The fraction of sp³-hybridized carbons (Fsp3) is 0.350. The Bertz CT molecular complexity index is 763. The van der Waals surface area contributed by atoms with Crippen LogP contribution in [-0.4, -0.2) is 23.6 Å². The summed E-state index contributed by atoms with van der Waals surface area (Å²) in [5, 5.41) is 2.02. The predicted molar refractivity (Wildman–Crippen MR) is 98.7 cm³/mol. The summed E-state index contributed by atoms with van der Waals surface area (Å²) in [6.45, 7) is 0.878. The van der Waals surface area contributed by atoms with Crippen molar-refractivity contribution < 1.29 is 14.3 Å². The second kappa shape index (κ2) is 7.31. The van der Waals surface area contributed by atoms with Crippen molar-refractivity contribution in [2.24, 2.45) is 0 Å². The zero-order chi connectivity index (χ0) is 17.1.